The van der Waals surface area contributed by atoms with Gasteiger partial charge in [0.1, 0.15) is 6.54 Å². The van der Waals surface area contributed by atoms with Crippen molar-refractivity contribution >= 4 is 29.6 Å². The molecule has 0 aromatic heterocycles. The molecule has 0 aromatic rings. The first-order valence-electron chi connectivity index (χ1n) is 8.51. The topological polar surface area (TPSA) is 122 Å². The third kappa shape index (κ3) is 4.90. The monoisotopic (exact) mass is 365 g/mol. The molecule has 1 aliphatic heterocycles. The van der Waals surface area contributed by atoms with Gasteiger partial charge in [0.25, 0.3) is 5.91 Å². The van der Waals surface area contributed by atoms with Crippen LogP contribution in [-0.2, 0) is 28.7 Å². The molecular weight excluding hydrogens is 342 g/mol. The van der Waals surface area contributed by atoms with Gasteiger partial charge in [-0.25, -0.2) is 0 Å². The van der Waals surface area contributed by atoms with Crippen LogP contribution in [0.1, 0.15) is 26.7 Å². The second-order valence-electron chi connectivity index (χ2n) is 6.58. The fraction of sp³-hybridized carbons (Fsp3) is 0.588. The normalized spacial score (nSPS) is 21.6. The number of carbonyl (C=O) groups excluding carboxylic acids is 5. The van der Waals surface area contributed by atoms with Crippen LogP contribution in [0.5, 0.6) is 0 Å². The van der Waals surface area contributed by atoms with Gasteiger partial charge in [0.05, 0.1) is 18.4 Å². The maximum atomic E-state index is 12.2. The van der Waals surface area contributed by atoms with E-state index in [-0.39, 0.29) is 30.3 Å². The Labute approximate surface area is 151 Å². The molecule has 1 heterocycles. The maximum Gasteiger partial charge on any atom is 0.326 e. The molecule has 2 rings (SSSR count). The number of rotatable bonds is 7. The summed E-state index contributed by atoms with van der Waals surface area (Å²) in [7, 11) is 0. The molecule has 0 aromatic carbocycles. The second-order valence-corrected chi connectivity index (χ2v) is 6.58. The number of likely N-dealkylation sites (tertiary alicyclic amines) is 1. The van der Waals surface area contributed by atoms with Crippen molar-refractivity contribution in [3.8, 4) is 0 Å². The van der Waals surface area contributed by atoms with Crippen LogP contribution in [0, 0.1) is 11.8 Å². The lowest BCUT2D eigenvalue weighted by atomic mass is 9.85. The number of carbonyl (C=O) groups is 5. The number of imide groups is 1. The molecule has 1 fully saturated rings. The highest BCUT2D eigenvalue weighted by molar-refractivity contribution is 6.07. The minimum atomic E-state index is -0.847. The van der Waals surface area contributed by atoms with Gasteiger partial charge in [-0.2, -0.15) is 0 Å². The molecule has 9 heteroatoms. The van der Waals surface area contributed by atoms with E-state index in [1.165, 1.54) is 0 Å². The van der Waals surface area contributed by atoms with Gasteiger partial charge in [-0.15, -0.1) is 0 Å². The summed E-state index contributed by atoms with van der Waals surface area (Å²) in [5, 5.41) is 4.91. The molecule has 1 aliphatic carbocycles. The Balaban J connectivity index is 1.73. The first-order valence-corrected chi connectivity index (χ1v) is 8.51. The van der Waals surface area contributed by atoms with Crippen molar-refractivity contribution in [1.29, 1.82) is 0 Å². The first kappa shape index (κ1) is 19.6. The van der Waals surface area contributed by atoms with Crippen LogP contribution in [-0.4, -0.2) is 60.2 Å². The van der Waals surface area contributed by atoms with Gasteiger partial charge in [0.15, 0.2) is 6.61 Å². The van der Waals surface area contributed by atoms with Crippen LogP contribution >= 0.6 is 0 Å². The van der Waals surface area contributed by atoms with Crippen molar-refractivity contribution in [2.24, 2.45) is 11.8 Å². The Morgan fingerprint density at radius 1 is 1.12 bits per heavy atom. The van der Waals surface area contributed by atoms with Crippen molar-refractivity contribution in [1.82, 2.24) is 15.5 Å². The summed E-state index contributed by atoms with van der Waals surface area (Å²) in [6.07, 6.45) is 4.69. The summed E-state index contributed by atoms with van der Waals surface area (Å²) >= 11 is 0. The number of fused-ring (bicyclic) bond motifs is 1. The molecule has 0 spiro atoms. The molecule has 0 bridgehead atoms. The highest BCUT2D eigenvalue weighted by Crippen LogP contribution is 2.34. The van der Waals surface area contributed by atoms with E-state index < -0.39 is 36.9 Å². The zero-order chi connectivity index (χ0) is 19.3. The van der Waals surface area contributed by atoms with Crippen molar-refractivity contribution in [2.45, 2.75) is 32.7 Å². The van der Waals surface area contributed by atoms with Crippen LogP contribution in [0.2, 0.25) is 0 Å². The van der Waals surface area contributed by atoms with Crippen LogP contribution < -0.4 is 10.6 Å². The Kier molecular flexibility index (Phi) is 6.48. The summed E-state index contributed by atoms with van der Waals surface area (Å²) in [5.41, 5.74) is 0. The van der Waals surface area contributed by atoms with E-state index >= 15 is 0 Å². The molecular formula is C17H23N3O6. The van der Waals surface area contributed by atoms with E-state index in [0.717, 1.165) is 4.90 Å². The van der Waals surface area contributed by atoms with Crippen LogP contribution in [0.25, 0.3) is 0 Å². The van der Waals surface area contributed by atoms with Gasteiger partial charge >= 0.3 is 5.97 Å². The van der Waals surface area contributed by atoms with Crippen molar-refractivity contribution < 1.29 is 28.7 Å². The Morgan fingerprint density at radius 2 is 1.69 bits per heavy atom. The van der Waals surface area contributed by atoms with Crippen LogP contribution in [0.4, 0.5) is 0 Å². The predicted octanol–water partition coefficient (Wildman–Crippen LogP) is -0.878. The summed E-state index contributed by atoms with van der Waals surface area (Å²) in [6.45, 7) is 2.25. The number of amides is 4. The molecule has 0 saturated carbocycles. The molecule has 0 radical (unpaired) electrons. The number of allylic oxidation sites excluding steroid dienone is 2. The molecule has 4 amide bonds. The minimum Gasteiger partial charge on any atom is -0.454 e. The predicted molar refractivity (Wildman–Crippen MR) is 89.3 cm³/mol. The van der Waals surface area contributed by atoms with Crippen molar-refractivity contribution in [3.05, 3.63) is 12.2 Å². The van der Waals surface area contributed by atoms with Gasteiger partial charge in [-0.3, -0.25) is 28.9 Å². The zero-order valence-corrected chi connectivity index (χ0v) is 14.8. The van der Waals surface area contributed by atoms with E-state index in [4.69, 9.17) is 4.74 Å². The summed E-state index contributed by atoms with van der Waals surface area (Å²) in [6, 6.07) is -0.0494. The number of esters is 1. The molecule has 1 saturated heterocycles. The largest absolute Gasteiger partial charge is 0.454 e. The fourth-order valence-corrected chi connectivity index (χ4v) is 2.95. The van der Waals surface area contributed by atoms with Crippen LogP contribution in [0.3, 0.4) is 0 Å². The third-order valence-electron chi connectivity index (χ3n) is 4.15. The SMILES string of the molecule is CC(C)NC(=O)CNC(=O)COC(=O)CN1C(=O)[C@H]2CC=CC[C@@H]2C1=O. The Morgan fingerprint density at radius 3 is 2.23 bits per heavy atom. The summed E-state index contributed by atoms with van der Waals surface area (Å²) in [5.74, 6) is -3.43. The standard InChI is InChI=1S/C17H23N3O6/c1-10(2)19-13(21)7-18-14(22)9-26-15(23)8-20-16(24)11-5-3-4-6-12(11)17(20)25/h3-4,10-12H,5-9H2,1-2H3,(H,18,22)(H,19,21)/t11-,12-/m0/s1. The highest BCUT2D eigenvalue weighted by Gasteiger charge is 2.47. The molecule has 0 unspecified atom stereocenters. The number of nitrogens with one attached hydrogen (secondary N) is 2. The maximum absolute atomic E-state index is 12.2. The minimum absolute atomic E-state index is 0.0494. The Bertz CT molecular complexity index is 616. The third-order valence-corrected chi connectivity index (χ3v) is 4.15. The van der Waals surface area contributed by atoms with E-state index in [0.29, 0.717) is 12.8 Å². The average Bonchev–Trinajstić information content (AvgIpc) is 2.83. The number of hydrogen-bond donors (Lipinski definition) is 2. The summed E-state index contributed by atoms with van der Waals surface area (Å²) < 4.78 is 4.78. The van der Waals surface area contributed by atoms with Gasteiger partial charge < -0.3 is 15.4 Å². The van der Waals surface area contributed by atoms with Crippen molar-refractivity contribution in [2.75, 3.05) is 19.7 Å². The Hall–Kier alpha value is -2.71. The lowest BCUT2D eigenvalue weighted by molar-refractivity contribution is -0.155. The molecule has 2 aliphatic rings. The first-order chi connectivity index (χ1) is 12.3. The van der Waals surface area contributed by atoms with Crippen LogP contribution in [0.15, 0.2) is 12.2 Å². The molecule has 2 atom stereocenters. The van der Waals surface area contributed by atoms with Gasteiger partial charge in [0.2, 0.25) is 17.7 Å². The van der Waals surface area contributed by atoms with Gasteiger partial charge in [-0.1, -0.05) is 12.2 Å². The molecule has 26 heavy (non-hydrogen) atoms. The molecule has 2 N–H and O–H groups in total. The van der Waals surface area contributed by atoms with E-state index in [9.17, 15) is 24.0 Å². The second kappa shape index (κ2) is 8.59. The highest BCUT2D eigenvalue weighted by atomic mass is 16.5. The number of ether oxygens (including phenoxy) is 1. The quantitative estimate of drug-likeness (QED) is 0.343. The summed E-state index contributed by atoms with van der Waals surface area (Å²) in [4.78, 5) is 60.2. The van der Waals surface area contributed by atoms with Crippen molar-refractivity contribution in [3.63, 3.8) is 0 Å². The number of hydrogen-bond acceptors (Lipinski definition) is 6. The van der Waals surface area contributed by atoms with E-state index in [1.807, 2.05) is 12.2 Å². The molecule has 142 valence electrons. The van der Waals surface area contributed by atoms with Gasteiger partial charge in [0, 0.05) is 6.04 Å². The molecule has 9 nitrogen and oxygen atoms in total. The average molecular weight is 365 g/mol. The zero-order valence-electron chi connectivity index (χ0n) is 14.8. The van der Waals surface area contributed by atoms with E-state index in [2.05, 4.69) is 10.6 Å². The van der Waals surface area contributed by atoms with Gasteiger partial charge in [-0.05, 0) is 26.7 Å². The lowest BCUT2D eigenvalue weighted by Crippen LogP contribution is -2.42. The van der Waals surface area contributed by atoms with E-state index in [1.54, 1.807) is 13.8 Å². The number of nitrogens with zero attached hydrogens (tertiary/aromatic N) is 1. The fourth-order valence-electron chi connectivity index (χ4n) is 2.95. The lowest BCUT2D eigenvalue weighted by Gasteiger charge is -2.14. The smallest absolute Gasteiger partial charge is 0.326 e.